The van der Waals surface area contributed by atoms with Crippen LogP contribution in [0.25, 0.3) is 0 Å². The lowest BCUT2D eigenvalue weighted by molar-refractivity contribution is 0.0691. The molecule has 0 saturated heterocycles. The van der Waals surface area contributed by atoms with Crippen molar-refractivity contribution in [3.63, 3.8) is 0 Å². The zero-order valence-corrected chi connectivity index (χ0v) is 11.4. The number of carboxylic acid groups (broad SMARTS) is 2. The number of hydrogen-bond acceptors (Lipinski definition) is 3. The lowest BCUT2D eigenvalue weighted by Crippen LogP contribution is -2.10. The summed E-state index contributed by atoms with van der Waals surface area (Å²) in [6, 6.07) is 12.0. The molecule has 0 aliphatic carbocycles. The van der Waals surface area contributed by atoms with Gasteiger partial charge < -0.3 is 14.9 Å². The molecule has 0 aliphatic rings. The van der Waals surface area contributed by atoms with Crippen LogP contribution in [-0.4, -0.2) is 22.2 Å². The van der Waals surface area contributed by atoms with Crippen LogP contribution in [0.15, 0.2) is 42.5 Å². The molecular formula is C16H14O5. The summed E-state index contributed by atoms with van der Waals surface area (Å²) >= 11 is 0. The highest BCUT2D eigenvalue weighted by Gasteiger charge is 2.20. The van der Waals surface area contributed by atoms with Crippen LogP contribution >= 0.6 is 0 Å². The summed E-state index contributed by atoms with van der Waals surface area (Å²) in [5.74, 6) is -2.21. The minimum atomic E-state index is -1.21. The third kappa shape index (κ3) is 3.20. The molecule has 108 valence electrons. The Balaban J connectivity index is 2.33. The van der Waals surface area contributed by atoms with E-state index in [0.717, 1.165) is 5.56 Å². The van der Waals surface area contributed by atoms with Gasteiger partial charge in [0.05, 0.1) is 5.56 Å². The minimum Gasteiger partial charge on any atom is -0.488 e. The smallest absolute Gasteiger partial charge is 0.339 e. The number of rotatable bonds is 5. The van der Waals surface area contributed by atoms with Crippen molar-refractivity contribution in [2.75, 3.05) is 0 Å². The molecule has 0 heterocycles. The summed E-state index contributed by atoms with van der Waals surface area (Å²) in [4.78, 5) is 22.4. The molecule has 0 aliphatic heterocycles. The maximum Gasteiger partial charge on any atom is 0.339 e. The van der Waals surface area contributed by atoms with E-state index in [1.807, 2.05) is 30.3 Å². The summed E-state index contributed by atoms with van der Waals surface area (Å²) in [7, 11) is 0. The normalized spacial score (nSPS) is 10.1. The second-order valence-electron chi connectivity index (χ2n) is 4.50. The molecule has 0 spiro atoms. The van der Waals surface area contributed by atoms with E-state index in [0.29, 0.717) is 0 Å². The van der Waals surface area contributed by atoms with E-state index in [2.05, 4.69) is 0 Å². The first-order valence-electron chi connectivity index (χ1n) is 6.27. The standard InChI is InChI=1S/C16H14O5/c1-10-12(15(17)18)7-8-13(14(10)16(19)20)21-9-11-5-3-2-4-6-11/h2-8H,9H2,1H3,(H,17,18)(H,19,20). The molecule has 0 saturated carbocycles. The largest absolute Gasteiger partial charge is 0.488 e. The quantitative estimate of drug-likeness (QED) is 0.882. The van der Waals surface area contributed by atoms with Gasteiger partial charge in [-0.3, -0.25) is 0 Å². The first-order valence-corrected chi connectivity index (χ1v) is 6.27. The highest BCUT2D eigenvalue weighted by Crippen LogP contribution is 2.26. The minimum absolute atomic E-state index is 0.0422. The van der Waals surface area contributed by atoms with Crippen LogP contribution in [0.2, 0.25) is 0 Å². The van der Waals surface area contributed by atoms with E-state index in [1.54, 1.807) is 0 Å². The first-order chi connectivity index (χ1) is 10.0. The van der Waals surface area contributed by atoms with Crippen LogP contribution in [0, 0.1) is 6.92 Å². The Kier molecular flexibility index (Phi) is 4.23. The van der Waals surface area contributed by atoms with Crippen molar-refractivity contribution < 1.29 is 24.5 Å². The van der Waals surface area contributed by atoms with Gasteiger partial charge in [-0.1, -0.05) is 30.3 Å². The molecule has 0 unspecified atom stereocenters. The maximum atomic E-state index is 11.4. The lowest BCUT2D eigenvalue weighted by Gasteiger charge is -2.13. The zero-order valence-electron chi connectivity index (χ0n) is 11.4. The molecule has 0 bridgehead atoms. The summed E-state index contributed by atoms with van der Waals surface area (Å²) in [5, 5.41) is 18.3. The van der Waals surface area contributed by atoms with Gasteiger partial charge in [0.1, 0.15) is 17.9 Å². The van der Waals surface area contributed by atoms with Gasteiger partial charge in [0, 0.05) is 0 Å². The van der Waals surface area contributed by atoms with Crippen LogP contribution in [0.4, 0.5) is 0 Å². The van der Waals surface area contributed by atoms with Gasteiger partial charge >= 0.3 is 11.9 Å². The molecular weight excluding hydrogens is 272 g/mol. The van der Waals surface area contributed by atoms with Gasteiger partial charge in [0.25, 0.3) is 0 Å². The molecule has 21 heavy (non-hydrogen) atoms. The summed E-state index contributed by atoms with van der Waals surface area (Å²) in [5.41, 5.74) is 0.916. The van der Waals surface area contributed by atoms with Gasteiger partial charge in [-0.15, -0.1) is 0 Å². The molecule has 0 atom stereocenters. The third-order valence-electron chi connectivity index (χ3n) is 3.11. The third-order valence-corrected chi connectivity index (χ3v) is 3.11. The van der Waals surface area contributed by atoms with Crippen LogP contribution in [0.1, 0.15) is 31.8 Å². The highest BCUT2D eigenvalue weighted by molar-refractivity contribution is 5.98. The predicted molar refractivity (Wildman–Crippen MR) is 75.9 cm³/mol. The molecule has 0 aromatic heterocycles. The van der Waals surface area contributed by atoms with Crippen molar-refractivity contribution in [1.29, 1.82) is 0 Å². The number of hydrogen-bond donors (Lipinski definition) is 2. The Morgan fingerprint density at radius 3 is 2.24 bits per heavy atom. The van der Waals surface area contributed by atoms with E-state index in [4.69, 9.17) is 9.84 Å². The molecule has 2 aromatic rings. The fraction of sp³-hybridized carbons (Fsp3) is 0.125. The Morgan fingerprint density at radius 2 is 1.67 bits per heavy atom. The van der Waals surface area contributed by atoms with Crippen molar-refractivity contribution >= 4 is 11.9 Å². The predicted octanol–water partition coefficient (Wildman–Crippen LogP) is 2.97. The number of carbonyl (C=O) groups is 2. The van der Waals surface area contributed by atoms with Gasteiger partial charge in [-0.2, -0.15) is 0 Å². The lowest BCUT2D eigenvalue weighted by atomic mass is 10.0. The van der Waals surface area contributed by atoms with E-state index in [9.17, 15) is 14.7 Å². The molecule has 0 amide bonds. The maximum absolute atomic E-state index is 11.4. The van der Waals surface area contributed by atoms with Crippen LogP contribution in [0.5, 0.6) is 5.75 Å². The molecule has 2 rings (SSSR count). The van der Waals surface area contributed by atoms with E-state index < -0.39 is 11.9 Å². The fourth-order valence-electron chi connectivity index (χ4n) is 2.04. The number of ether oxygens (including phenoxy) is 1. The average molecular weight is 286 g/mol. The molecule has 2 N–H and O–H groups in total. The molecule has 5 heteroatoms. The topological polar surface area (TPSA) is 83.8 Å². The number of aromatic carboxylic acids is 2. The summed E-state index contributed by atoms with van der Waals surface area (Å²) in [6.45, 7) is 1.68. The van der Waals surface area contributed by atoms with Crippen molar-refractivity contribution in [2.24, 2.45) is 0 Å². The van der Waals surface area contributed by atoms with E-state index in [1.165, 1.54) is 19.1 Å². The van der Waals surface area contributed by atoms with Crippen LogP contribution in [0.3, 0.4) is 0 Å². The monoisotopic (exact) mass is 286 g/mol. The van der Waals surface area contributed by atoms with Crippen molar-refractivity contribution in [1.82, 2.24) is 0 Å². The van der Waals surface area contributed by atoms with Crippen LogP contribution in [-0.2, 0) is 6.61 Å². The Morgan fingerprint density at radius 1 is 1.00 bits per heavy atom. The first kappa shape index (κ1) is 14.6. The SMILES string of the molecule is Cc1c(C(=O)O)ccc(OCc2ccccc2)c1C(=O)O. The van der Waals surface area contributed by atoms with Crippen molar-refractivity contribution in [2.45, 2.75) is 13.5 Å². The number of carboxylic acids is 2. The van der Waals surface area contributed by atoms with Gasteiger partial charge in [0.15, 0.2) is 0 Å². The fourth-order valence-corrected chi connectivity index (χ4v) is 2.04. The molecule has 0 radical (unpaired) electrons. The summed E-state index contributed by atoms with van der Waals surface area (Å²) in [6.07, 6.45) is 0. The zero-order chi connectivity index (χ0) is 15.4. The Hall–Kier alpha value is -2.82. The van der Waals surface area contributed by atoms with Gasteiger partial charge in [0.2, 0.25) is 0 Å². The Bertz CT molecular complexity index is 677. The van der Waals surface area contributed by atoms with Crippen molar-refractivity contribution in [3.8, 4) is 5.75 Å². The van der Waals surface area contributed by atoms with Crippen molar-refractivity contribution in [3.05, 3.63) is 64.7 Å². The number of benzene rings is 2. The van der Waals surface area contributed by atoms with Crippen LogP contribution < -0.4 is 4.74 Å². The molecule has 0 fully saturated rings. The van der Waals surface area contributed by atoms with E-state index in [-0.39, 0.29) is 29.0 Å². The summed E-state index contributed by atoms with van der Waals surface area (Å²) < 4.78 is 5.53. The second kappa shape index (κ2) is 6.09. The average Bonchev–Trinajstić information content (AvgIpc) is 2.45. The second-order valence-corrected chi connectivity index (χ2v) is 4.50. The Labute approximate surface area is 121 Å². The molecule has 2 aromatic carbocycles. The van der Waals surface area contributed by atoms with Gasteiger partial charge in [-0.05, 0) is 30.2 Å². The molecule has 5 nitrogen and oxygen atoms in total. The highest BCUT2D eigenvalue weighted by atomic mass is 16.5. The van der Waals surface area contributed by atoms with Gasteiger partial charge in [-0.25, -0.2) is 9.59 Å². The van der Waals surface area contributed by atoms with E-state index >= 15 is 0 Å².